The molecule has 2 aromatic carbocycles. The maximum atomic E-state index is 13.5. The van der Waals surface area contributed by atoms with E-state index in [4.69, 9.17) is 27.6 Å². The Kier molecular flexibility index (Phi) is 5.39. The predicted molar refractivity (Wildman–Crippen MR) is 123 cm³/mol. The van der Waals surface area contributed by atoms with Crippen molar-refractivity contribution in [2.75, 3.05) is 0 Å². The van der Waals surface area contributed by atoms with E-state index >= 15 is 0 Å². The third kappa shape index (κ3) is 3.88. The van der Waals surface area contributed by atoms with Crippen LogP contribution < -0.4 is 11.2 Å². The lowest BCUT2D eigenvalue weighted by Crippen LogP contribution is -2.40. The first-order chi connectivity index (χ1) is 15.9. The van der Waals surface area contributed by atoms with Gasteiger partial charge in [0.15, 0.2) is 11.2 Å². The van der Waals surface area contributed by atoms with Gasteiger partial charge in [-0.25, -0.2) is 18.7 Å². The number of furan rings is 1. The molecule has 0 saturated carbocycles. The summed E-state index contributed by atoms with van der Waals surface area (Å²) in [6, 6.07) is 13.9. The maximum Gasteiger partial charge on any atom is 0.337 e. The van der Waals surface area contributed by atoms with Crippen LogP contribution in [0.25, 0.3) is 16.9 Å². The zero-order chi connectivity index (χ0) is 23.1. The molecule has 166 valence electrons. The van der Waals surface area contributed by atoms with Gasteiger partial charge < -0.3 is 8.98 Å². The van der Waals surface area contributed by atoms with Crippen LogP contribution in [-0.4, -0.2) is 18.7 Å². The number of fused-ring (bicyclic) bond motifs is 1. The molecule has 10 heteroatoms. The molecule has 0 bridgehead atoms. The summed E-state index contributed by atoms with van der Waals surface area (Å²) >= 11 is 12.1. The van der Waals surface area contributed by atoms with Gasteiger partial charge in [0.05, 0.1) is 34.9 Å². The van der Waals surface area contributed by atoms with Crippen molar-refractivity contribution in [3.8, 4) is 5.69 Å². The van der Waals surface area contributed by atoms with E-state index in [2.05, 4.69) is 4.98 Å². The van der Waals surface area contributed by atoms with Gasteiger partial charge in [-0.2, -0.15) is 0 Å². The number of imidazole rings is 1. The zero-order valence-electron chi connectivity index (χ0n) is 16.9. The molecule has 0 spiro atoms. The van der Waals surface area contributed by atoms with Crippen LogP contribution in [0.1, 0.15) is 11.3 Å². The third-order valence-corrected chi connectivity index (χ3v) is 5.95. The lowest BCUT2D eigenvalue weighted by atomic mass is 10.2. The Hall–Kier alpha value is -3.62. The van der Waals surface area contributed by atoms with Gasteiger partial charge in [0, 0.05) is 6.54 Å². The van der Waals surface area contributed by atoms with E-state index < -0.39 is 17.1 Å². The second-order valence-electron chi connectivity index (χ2n) is 7.36. The molecule has 0 atom stereocenters. The van der Waals surface area contributed by atoms with E-state index in [9.17, 15) is 14.0 Å². The van der Waals surface area contributed by atoms with Gasteiger partial charge in [0.25, 0.3) is 5.56 Å². The normalized spacial score (nSPS) is 11.4. The van der Waals surface area contributed by atoms with E-state index in [-0.39, 0.29) is 24.3 Å². The SMILES string of the molecule is O=c1c2c(ncn2Cc2ccc(Cl)c(Cl)c2)n(-c2ccc(F)cc2)c(=O)n1Cc1ccco1. The van der Waals surface area contributed by atoms with E-state index in [1.165, 1.54) is 41.4 Å². The number of aromatic nitrogens is 4. The highest BCUT2D eigenvalue weighted by Gasteiger charge is 2.20. The van der Waals surface area contributed by atoms with Crippen LogP contribution in [0.4, 0.5) is 4.39 Å². The van der Waals surface area contributed by atoms with Crippen molar-refractivity contribution in [2.24, 2.45) is 0 Å². The Morgan fingerprint density at radius 1 is 0.970 bits per heavy atom. The first-order valence-corrected chi connectivity index (χ1v) is 10.6. The molecule has 5 aromatic rings. The zero-order valence-corrected chi connectivity index (χ0v) is 18.4. The first kappa shape index (κ1) is 21.2. The van der Waals surface area contributed by atoms with Crippen LogP contribution in [0.5, 0.6) is 0 Å². The van der Waals surface area contributed by atoms with Crippen molar-refractivity contribution in [3.63, 3.8) is 0 Å². The molecule has 0 aliphatic carbocycles. The predicted octanol–water partition coefficient (Wildman–Crippen LogP) is 4.48. The standard InChI is InChI=1S/C23H15Cl2FN4O3/c24-18-8-3-14(10-19(18)25)11-28-13-27-21-20(28)22(31)29(12-17-2-1-9-33-17)23(32)30(21)16-6-4-15(26)5-7-16/h1-10,13H,11-12H2. The molecule has 0 saturated heterocycles. The number of hydrogen-bond acceptors (Lipinski definition) is 4. The fourth-order valence-electron chi connectivity index (χ4n) is 3.66. The molecule has 3 heterocycles. The van der Waals surface area contributed by atoms with Gasteiger partial charge in [-0.1, -0.05) is 29.3 Å². The van der Waals surface area contributed by atoms with Gasteiger partial charge in [0.1, 0.15) is 11.6 Å². The minimum atomic E-state index is -0.615. The van der Waals surface area contributed by atoms with Gasteiger partial charge in [-0.05, 0) is 54.1 Å². The molecule has 0 amide bonds. The Bertz CT molecular complexity index is 1590. The summed E-state index contributed by atoms with van der Waals surface area (Å²) < 4.78 is 22.9. The number of halogens is 3. The first-order valence-electron chi connectivity index (χ1n) is 9.85. The Morgan fingerprint density at radius 2 is 1.76 bits per heavy atom. The van der Waals surface area contributed by atoms with Crippen LogP contribution in [0.2, 0.25) is 10.0 Å². The molecule has 0 radical (unpaired) electrons. The molecule has 0 N–H and O–H groups in total. The average Bonchev–Trinajstić information content (AvgIpc) is 3.45. The smallest absolute Gasteiger partial charge is 0.337 e. The highest BCUT2D eigenvalue weighted by Crippen LogP contribution is 2.23. The molecule has 0 unspecified atom stereocenters. The lowest BCUT2D eigenvalue weighted by Gasteiger charge is -2.12. The highest BCUT2D eigenvalue weighted by atomic mass is 35.5. The second-order valence-corrected chi connectivity index (χ2v) is 8.17. The molecule has 0 aliphatic rings. The molecule has 5 rings (SSSR count). The van der Waals surface area contributed by atoms with E-state index in [0.29, 0.717) is 21.5 Å². The van der Waals surface area contributed by atoms with E-state index in [1.807, 2.05) is 0 Å². The van der Waals surface area contributed by atoms with Crippen molar-refractivity contribution in [1.29, 1.82) is 0 Å². The molecule has 7 nitrogen and oxygen atoms in total. The number of rotatable bonds is 5. The minimum absolute atomic E-state index is 0.0697. The second kappa shape index (κ2) is 8.38. The largest absolute Gasteiger partial charge is 0.467 e. The highest BCUT2D eigenvalue weighted by molar-refractivity contribution is 6.42. The van der Waals surface area contributed by atoms with Crippen molar-refractivity contribution >= 4 is 34.4 Å². The summed E-state index contributed by atoms with van der Waals surface area (Å²) in [6.45, 7) is 0.199. The topological polar surface area (TPSA) is 75.0 Å². The number of benzene rings is 2. The summed E-state index contributed by atoms with van der Waals surface area (Å²) in [5.41, 5.74) is 0.390. The summed E-state index contributed by atoms with van der Waals surface area (Å²) in [5.74, 6) is -0.00755. The van der Waals surface area contributed by atoms with Crippen LogP contribution in [0.15, 0.2) is 81.2 Å². The Labute approximate surface area is 195 Å². The molecular weight excluding hydrogens is 470 g/mol. The van der Waals surface area contributed by atoms with Crippen LogP contribution >= 0.6 is 23.2 Å². The monoisotopic (exact) mass is 484 g/mol. The van der Waals surface area contributed by atoms with Gasteiger partial charge in [-0.3, -0.25) is 9.36 Å². The molecule has 0 aliphatic heterocycles. The van der Waals surface area contributed by atoms with Crippen molar-refractivity contribution < 1.29 is 8.81 Å². The van der Waals surface area contributed by atoms with E-state index in [1.54, 1.807) is 34.9 Å². The van der Waals surface area contributed by atoms with Crippen molar-refractivity contribution in [1.82, 2.24) is 18.7 Å². The van der Waals surface area contributed by atoms with Crippen LogP contribution in [0, 0.1) is 5.82 Å². The Morgan fingerprint density at radius 3 is 2.45 bits per heavy atom. The maximum absolute atomic E-state index is 13.5. The average molecular weight is 485 g/mol. The Balaban J connectivity index is 1.75. The van der Waals surface area contributed by atoms with Crippen LogP contribution in [0.3, 0.4) is 0 Å². The summed E-state index contributed by atoms with van der Waals surface area (Å²) in [7, 11) is 0. The third-order valence-electron chi connectivity index (χ3n) is 5.22. The van der Waals surface area contributed by atoms with Gasteiger partial charge in [0.2, 0.25) is 0 Å². The molecule has 0 fully saturated rings. The van der Waals surface area contributed by atoms with Crippen LogP contribution in [-0.2, 0) is 13.1 Å². The van der Waals surface area contributed by atoms with Gasteiger partial charge in [-0.15, -0.1) is 0 Å². The fourth-order valence-corrected chi connectivity index (χ4v) is 3.98. The quantitative estimate of drug-likeness (QED) is 0.368. The minimum Gasteiger partial charge on any atom is -0.467 e. The molecular formula is C23H15Cl2FN4O3. The molecule has 3 aromatic heterocycles. The lowest BCUT2D eigenvalue weighted by molar-refractivity contribution is 0.482. The van der Waals surface area contributed by atoms with Gasteiger partial charge >= 0.3 is 5.69 Å². The number of nitrogens with zero attached hydrogens (tertiary/aromatic N) is 4. The fraction of sp³-hybridized carbons (Fsp3) is 0.0870. The molecule has 33 heavy (non-hydrogen) atoms. The summed E-state index contributed by atoms with van der Waals surface area (Å²) in [6.07, 6.45) is 2.94. The van der Waals surface area contributed by atoms with Crippen molar-refractivity contribution in [2.45, 2.75) is 13.1 Å². The summed E-state index contributed by atoms with van der Waals surface area (Å²) in [5, 5.41) is 0.805. The van der Waals surface area contributed by atoms with E-state index in [0.717, 1.165) is 10.1 Å². The van der Waals surface area contributed by atoms with Crippen molar-refractivity contribution in [3.05, 3.63) is 115 Å². The summed E-state index contributed by atoms with van der Waals surface area (Å²) in [4.78, 5) is 31.2. The number of hydrogen-bond donors (Lipinski definition) is 0.